The summed E-state index contributed by atoms with van der Waals surface area (Å²) in [6.07, 6.45) is -4.19. The molecule has 0 aromatic carbocycles. The van der Waals surface area contributed by atoms with Crippen LogP contribution < -0.4 is 11.1 Å². The lowest BCUT2D eigenvalue weighted by Gasteiger charge is -2.11. The molecule has 9 nitrogen and oxygen atoms in total. The molecule has 4 aromatic heterocycles. The van der Waals surface area contributed by atoms with Gasteiger partial charge in [-0.3, -0.25) is 19.0 Å². The van der Waals surface area contributed by atoms with E-state index in [4.69, 9.17) is 17.3 Å². The minimum atomic E-state index is -2.94. The van der Waals surface area contributed by atoms with Crippen molar-refractivity contribution >= 4 is 50.7 Å². The first-order chi connectivity index (χ1) is 17.4. The number of anilines is 1. The fourth-order valence-corrected chi connectivity index (χ4v) is 5.07. The van der Waals surface area contributed by atoms with Crippen LogP contribution in [0.2, 0.25) is 5.02 Å². The Kier molecular flexibility index (Phi) is 7.24. The molecule has 0 aliphatic rings. The van der Waals surface area contributed by atoms with Crippen molar-refractivity contribution in [2.75, 3.05) is 5.32 Å². The first kappa shape index (κ1) is 26.5. The van der Waals surface area contributed by atoms with Gasteiger partial charge in [0.05, 0.1) is 22.1 Å². The lowest BCUT2D eigenvalue weighted by molar-refractivity contribution is -0.116. The number of carbonyl (C=O) groups excluding carboxylic acids is 2. The molecule has 0 spiro atoms. The van der Waals surface area contributed by atoms with Gasteiger partial charge in [-0.2, -0.15) is 10.2 Å². The summed E-state index contributed by atoms with van der Waals surface area (Å²) in [5.41, 5.74) is 5.75. The van der Waals surface area contributed by atoms with Crippen molar-refractivity contribution in [3.8, 4) is 11.1 Å². The monoisotopic (exact) mass is 557 g/mol. The number of pyridine rings is 1. The van der Waals surface area contributed by atoms with E-state index >= 15 is 0 Å². The first-order valence-electron chi connectivity index (χ1n) is 10.8. The molecule has 0 unspecified atom stereocenters. The minimum absolute atomic E-state index is 0.0329. The Morgan fingerprint density at radius 1 is 1.16 bits per heavy atom. The third-order valence-corrected chi connectivity index (χ3v) is 7.18. The van der Waals surface area contributed by atoms with E-state index in [-0.39, 0.29) is 37.1 Å². The number of aromatic nitrogens is 5. The number of thiophene rings is 1. The van der Waals surface area contributed by atoms with Crippen molar-refractivity contribution in [3.63, 3.8) is 0 Å². The summed E-state index contributed by atoms with van der Waals surface area (Å²) in [6, 6.07) is 1.18. The lowest BCUT2D eigenvalue weighted by Crippen LogP contribution is -2.22. The van der Waals surface area contributed by atoms with Crippen LogP contribution in [-0.2, 0) is 17.9 Å². The molecule has 3 N–H and O–H groups in total. The predicted octanol–water partition coefficient (Wildman–Crippen LogP) is 5.26. The lowest BCUT2D eigenvalue weighted by atomic mass is 10.0. The molecule has 37 heavy (non-hydrogen) atoms. The molecule has 0 saturated carbocycles. The van der Waals surface area contributed by atoms with Gasteiger partial charge in [-0.05, 0) is 32.4 Å². The van der Waals surface area contributed by atoms with Crippen LogP contribution in [0, 0.1) is 13.8 Å². The number of fused-ring (bicyclic) bond motifs is 1. The maximum absolute atomic E-state index is 13.7. The number of carbonyl (C=O) groups is 2. The molecule has 0 radical (unpaired) electrons. The normalized spacial score (nSPS) is 11.7. The Balaban J connectivity index is 1.86. The summed E-state index contributed by atoms with van der Waals surface area (Å²) < 4.78 is 56.3. The van der Waals surface area contributed by atoms with E-state index in [2.05, 4.69) is 20.5 Å². The zero-order valence-electron chi connectivity index (χ0n) is 19.7. The number of hydrogen-bond acceptors (Lipinski definition) is 6. The highest BCUT2D eigenvalue weighted by molar-refractivity contribution is 7.21. The van der Waals surface area contributed by atoms with Gasteiger partial charge in [0.25, 0.3) is 18.8 Å². The second-order valence-electron chi connectivity index (χ2n) is 8.02. The third kappa shape index (κ3) is 4.90. The zero-order chi connectivity index (χ0) is 27.2. The smallest absolute Gasteiger partial charge is 0.283 e. The zero-order valence-corrected chi connectivity index (χ0v) is 21.2. The summed E-state index contributed by atoms with van der Waals surface area (Å²) in [4.78, 5) is 29.2. The molecule has 0 fully saturated rings. The van der Waals surface area contributed by atoms with E-state index in [1.807, 2.05) is 6.92 Å². The number of nitrogens with two attached hydrogens (primary N) is 1. The maximum atomic E-state index is 13.7. The fourth-order valence-electron chi connectivity index (χ4n) is 3.83. The number of aryl methyl sites for hydroxylation is 2. The molecule has 0 aliphatic heterocycles. The molecule has 4 heterocycles. The van der Waals surface area contributed by atoms with E-state index in [9.17, 15) is 27.2 Å². The van der Waals surface area contributed by atoms with Crippen molar-refractivity contribution in [2.45, 2.75) is 46.7 Å². The number of halogens is 5. The Bertz CT molecular complexity index is 1530. The second-order valence-corrected chi connectivity index (χ2v) is 9.40. The largest absolute Gasteiger partial charge is 0.365 e. The van der Waals surface area contributed by atoms with Crippen LogP contribution in [0.1, 0.15) is 52.2 Å². The van der Waals surface area contributed by atoms with Crippen LogP contribution in [0.25, 0.3) is 21.3 Å². The number of alkyl halides is 4. The van der Waals surface area contributed by atoms with E-state index < -0.39 is 42.6 Å². The van der Waals surface area contributed by atoms with E-state index in [1.54, 1.807) is 17.8 Å². The van der Waals surface area contributed by atoms with Gasteiger partial charge in [-0.15, -0.1) is 11.3 Å². The molecular formula is C22H20ClF4N7O2S. The van der Waals surface area contributed by atoms with Crippen LogP contribution in [0.5, 0.6) is 0 Å². The second kappa shape index (κ2) is 10.1. The molecule has 196 valence electrons. The molecular weight excluding hydrogens is 538 g/mol. The minimum Gasteiger partial charge on any atom is -0.365 e. The van der Waals surface area contributed by atoms with Gasteiger partial charge < -0.3 is 11.1 Å². The number of nitrogens with zero attached hydrogens (tertiary/aromatic N) is 5. The Hall–Kier alpha value is -3.52. The van der Waals surface area contributed by atoms with Crippen LogP contribution >= 0.6 is 22.9 Å². The molecule has 0 bridgehead atoms. The summed E-state index contributed by atoms with van der Waals surface area (Å²) in [5, 5.41) is 10.6. The molecule has 2 amide bonds. The molecule has 0 atom stereocenters. The van der Waals surface area contributed by atoms with Gasteiger partial charge in [0, 0.05) is 23.7 Å². The standard InChI is InChI=1S/C22H20ClF4N7O2S/c1-4-33-6-11(8(2)31-33)10-5-12(19(24)25)29-22-14(10)16(18(37-22)21(28)36)30-13(35)7-34-9(3)15(23)17(32-34)20(26)27/h5-6,19-20H,4,7H2,1-3H3,(H2,28,36)(H,30,35). The van der Waals surface area contributed by atoms with Crippen molar-refractivity contribution < 1.29 is 27.2 Å². The molecule has 0 saturated heterocycles. The highest BCUT2D eigenvalue weighted by Crippen LogP contribution is 2.43. The molecule has 0 aliphatic carbocycles. The van der Waals surface area contributed by atoms with Gasteiger partial charge >= 0.3 is 0 Å². The predicted molar refractivity (Wildman–Crippen MR) is 130 cm³/mol. The van der Waals surface area contributed by atoms with E-state index in [0.717, 1.165) is 16.0 Å². The van der Waals surface area contributed by atoms with Crippen LogP contribution in [0.4, 0.5) is 23.2 Å². The van der Waals surface area contributed by atoms with Crippen LogP contribution in [0.3, 0.4) is 0 Å². The van der Waals surface area contributed by atoms with Gasteiger partial charge in [-0.25, -0.2) is 22.5 Å². The molecule has 4 rings (SSSR count). The SMILES string of the molecule is CCn1cc(-c2cc(C(F)F)nc3sc(C(N)=O)c(NC(=O)Cn4nc(C(F)F)c(Cl)c4C)c23)c(C)n1. The number of amides is 2. The average molecular weight is 558 g/mol. The van der Waals surface area contributed by atoms with Crippen molar-refractivity contribution in [3.05, 3.63) is 44.9 Å². The van der Waals surface area contributed by atoms with Crippen molar-refractivity contribution in [1.29, 1.82) is 0 Å². The van der Waals surface area contributed by atoms with Crippen LogP contribution in [0.15, 0.2) is 12.3 Å². The number of nitrogens with one attached hydrogen (secondary N) is 1. The highest BCUT2D eigenvalue weighted by atomic mass is 35.5. The number of rotatable bonds is 8. The van der Waals surface area contributed by atoms with Crippen LogP contribution in [-0.4, -0.2) is 36.4 Å². The summed E-state index contributed by atoms with van der Waals surface area (Å²) in [6.45, 7) is 4.97. The van der Waals surface area contributed by atoms with Gasteiger partial charge in [0.15, 0.2) is 0 Å². The summed E-state index contributed by atoms with van der Waals surface area (Å²) in [7, 11) is 0. The van der Waals surface area contributed by atoms with Gasteiger partial charge in [-0.1, -0.05) is 11.6 Å². The highest BCUT2D eigenvalue weighted by Gasteiger charge is 2.27. The van der Waals surface area contributed by atoms with E-state index in [0.29, 0.717) is 17.8 Å². The van der Waals surface area contributed by atoms with Crippen molar-refractivity contribution in [1.82, 2.24) is 24.5 Å². The summed E-state index contributed by atoms with van der Waals surface area (Å²) in [5.74, 6) is -1.66. The van der Waals surface area contributed by atoms with E-state index in [1.165, 1.54) is 13.0 Å². The molecule has 15 heteroatoms. The first-order valence-corrected chi connectivity index (χ1v) is 12.0. The Morgan fingerprint density at radius 3 is 2.41 bits per heavy atom. The van der Waals surface area contributed by atoms with Gasteiger partial charge in [0.1, 0.15) is 27.6 Å². The van der Waals surface area contributed by atoms with Gasteiger partial charge in [0.2, 0.25) is 5.91 Å². The Morgan fingerprint density at radius 2 is 1.86 bits per heavy atom. The Labute approximate surface area is 216 Å². The molecule has 4 aromatic rings. The number of primary amides is 1. The average Bonchev–Trinajstić information content (AvgIpc) is 3.48. The summed E-state index contributed by atoms with van der Waals surface area (Å²) >= 11 is 6.65. The number of hydrogen-bond donors (Lipinski definition) is 2. The fraction of sp³-hybridized carbons (Fsp3) is 0.318. The maximum Gasteiger partial charge on any atom is 0.283 e. The topological polar surface area (TPSA) is 121 Å². The van der Waals surface area contributed by atoms with Crippen molar-refractivity contribution in [2.24, 2.45) is 5.73 Å². The quantitative estimate of drug-likeness (QED) is 0.286. The third-order valence-electron chi connectivity index (χ3n) is 5.61.